The van der Waals surface area contributed by atoms with Gasteiger partial charge < -0.3 is 10.5 Å². The molecule has 0 aliphatic rings. The number of hydrogen-bond acceptors (Lipinski definition) is 5. The van der Waals surface area contributed by atoms with Crippen LogP contribution >= 0.6 is 0 Å². The van der Waals surface area contributed by atoms with E-state index in [1.807, 2.05) is 26.2 Å². The van der Waals surface area contributed by atoms with Crippen molar-refractivity contribution in [2.75, 3.05) is 13.7 Å². The van der Waals surface area contributed by atoms with Crippen LogP contribution in [0.2, 0.25) is 0 Å². The summed E-state index contributed by atoms with van der Waals surface area (Å²) in [7, 11) is 1.67. The fraction of sp³-hybridized carbons (Fsp3) is 0.462. The van der Waals surface area contributed by atoms with E-state index in [4.69, 9.17) is 10.5 Å². The third-order valence-corrected chi connectivity index (χ3v) is 3.05. The number of aryl methyl sites for hydroxylation is 1. The Kier molecular flexibility index (Phi) is 4.11. The van der Waals surface area contributed by atoms with Crippen LogP contribution in [0.4, 0.5) is 0 Å². The van der Waals surface area contributed by atoms with E-state index in [2.05, 4.69) is 15.3 Å². The Balaban J connectivity index is 2.23. The normalized spacial score (nSPS) is 10.7. The van der Waals surface area contributed by atoms with Gasteiger partial charge in [0.05, 0.1) is 25.0 Å². The van der Waals surface area contributed by atoms with Gasteiger partial charge in [-0.25, -0.2) is 4.68 Å². The summed E-state index contributed by atoms with van der Waals surface area (Å²) in [6.45, 7) is 5.15. The van der Waals surface area contributed by atoms with Gasteiger partial charge in [-0.2, -0.15) is 0 Å². The van der Waals surface area contributed by atoms with Gasteiger partial charge in [-0.3, -0.25) is 4.98 Å². The summed E-state index contributed by atoms with van der Waals surface area (Å²) in [6, 6.07) is 0. The molecule has 0 atom stereocenters. The number of ether oxygens (including phenoxy) is 1. The molecule has 2 aromatic rings. The standard InChI is InChI=1S/C13H19N5O/c1-9-6-15-12(10(2)13(9)19-3)8-18-7-11(4-5-14)16-17-18/h6-7H,4-5,8,14H2,1-3H3. The summed E-state index contributed by atoms with van der Waals surface area (Å²) < 4.78 is 7.17. The highest BCUT2D eigenvalue weighted by molar-refractivity contribution is 5.41. The van der Waals surface area contributed by atoms with Crippen molar-refractivity contribution in [3.8, 4) is 5.75 Å². The summed E-state index contributed by atoms with van der Waals surface area (Å²) >= 11 is 0. The summed E-state index contributed by atoms with van der Waals surface area (Å²) in [5.41, 5.74) is 9.41. The summed E-state index contributed by atoms with van der Waals surface area (Å²) in [6.07, 6.45) is 4.46. The van der Waals surface area contributed by atoms with Gasteiger partial charge >= 0.3 is 0 Å². The number of hydrogen-bond donors (Lipinski definition) is 1. The fourth-order valence-corrected chi connectivity index (χ4v) is 2.06. The first kappa shape index (κ1) is 13.5. The molecule has 2 aromatic heterocycles. The molecule has 0 unspecified atom stereocenters. The highest BCUT2D eigenvalue weighted by Gasteiger charge is 2.10. The van der Waals surface area contributed by atoms with Crippen molar-refractivity contribution in [1.29, 1.82) is 0 Å². The van der Waals surface area contributed by atoms with E-state index in [1.54, 1.807) is 11.8 Å². The monoisotopic (exact) mass is 261 g/mol. The van der Waals surface area contributed by atoms with Gasteiger partial charge in [-0.05, 0) is 20.4 Å². The quantitative estimate of drug-likeness (QED) is 0.863. The van der Waals surface area contributed by atoms with E-state index in [1.165, 1.54) is 0 Å². The molecule has 0 fully saturated rings. The lowest BCUT2D eigenvalue weighted by Gasteiger charge is -2.11. The Hall–Kier alpha value is -1.95. The van der Waals surface area contributed by atoms with E-state index in [0.29, 0.717) is 13.1 Å². The predicted molar refractivity (Wildman–Crippen MR) is 72.1 cm³/mol. The van der Waals surface area contributed by atoms with E-state index >= 15 is 0 Å². The first-order valence-electron chi connectivity index (χ1n) is 6.23. The van der Waals surface area contributed by atoms with Crippen molar-refractivity contribution >= 4 is 0 Å². The van der Waals surface area contributed by atoms with E-state index in [9.17, 15) is 0 Å². The second kappa shape index (κ2) is 5.79. The molecule has 0 radical (unpaired) electrons. The van der Waals surface area contributed by atoms with Gasteiger partial charge in [0.1, 0.15) is 5.75 Å². The van der Waals surface area contributed by atoms with Gasteiger partial charge in [-0.15, -0.1) is 5.10 Å². The Morgan fingerprint density at radius 2 is 2.16 bits per heavy atom. The average Bonchev–Trinajstić information content (AvgIpc) is 2.82. The topological polar surface area (TPSA) is 78.9 Å². The van der Waals surface area contributed by atoms with E-state index in [0.717, 1.165) is 34.7 Å². The number of pyridine rings is 1. The van der Waals surface area contributed by atoms with Crippen LogP contribution in [-0.4, -0.2) is 33.6 Å². The number of aromatic nitrogens is 4. The second-order valence-corrected chi connectivity index (χ2v) is 4.49. The molecule has 2 N–H and O–H groups in total. The predicted octanol–water partition coefficient (Wildman–Crippen LogP) is 0.848. The lowest BCUT2D eigenvalue weighted by Crippen LogP contribution is -2.06. The van der Waals surface area contributed by atoms with E-state index in [-0.39, 0.29) is 0 Å². The Morgan fingerprint density at radius 3 is 2.84 bits per heavy atom. The number of nitrogens with zero attached hydrogens (tertiary/aromatic N) is 4. The maximum atomic E-state index is 5.50. The Morgan fingerprint density at radius 1 is 1.37 bits per heavy atom. The smallest absolute Gasteiger partial charge is 0.128 e. The van der Waals surface area contributed by atoms with Crippen molar-refractivity contribution in [2.24, 2.45) is 5.73 Å². The number of rotatable bonds is 5. The molecule has 19 heavy (non-hydrogen) atoms. The highest BCUT2D eigenvalue weighted by Crippen LogP contribution is 2.24. The molecule has 2 rings (SSSR count). The van der Waals surface area contributed by atoms with Gasteiger partial charge in [0, 0.05) is 29.9 Å². The van der Waals surface area contributed by atoms with Crippen molar-refractivity contribution in [1.82, 2.24) is 20.0 Å². The zero-order valence-electron chi connectivity index (χ0n) is 11.6. The first-order chi connectivity index (χ1) is 9.15. The first-order valence-corrected chi connectivity index (χ1v) is 6.23. The lowest BCUT2D eigenvalue weighted by molar-refractivity contribution is 0.406. The highest BCUT2D eigenvalue weighted by atomic mass is 16.5. The van der Waals surface area contributed by atoms with Crippen molar-refractivity contribution < 1.29 is 4.74 Å². The molecule has 0 amide bonds. The molecule has 6 heteroatoms. The summed E-state index contributed by atoms with van der Waals surface area (Å²) in [4.78, 5) is 4.44. The summed E-state index contributed by atoms with van der Waals surface area (Å²) in [5.74, 6) is 0.882. The molecule has 0 spiro atoms. The fourth-order valence-electron chi connectivity index (χ4n) is 2.06. The third kappa shape index (κ3) is 2.90. The van der Waals surface area contributed by atoms with Gasteiger partial charge in [0.25, 0.3) is 0 Å². The van der Waals surface area contributed by atoms with Crippen LogP contribution in [0.3, 0.4) is 0 Å². The van der Waals surface area contributed by atoms with Crippen LogP contribution in [0.25, 0.3) is 0 Å². The van der Waals surface area contributed by atoms with Gasteiger partial charge in [0.2, 0.25) is 0 Å². The SMILES string of the molecule is COc1c(C)cnc(Cn2cc(CCN)nn2)c1C. The molecule has 0 saturated heterocycles. The van der Waals surface area contributed by atoms with Gasteiger partial charge in [0.15, 0.2) is 0 Å². The molecule has 6 nitrogen and oxygen atoms in total. The van der Waals surface area contributed by atoms with Crippen LogP contribution in [0.1, 0.15) is 22.5 Å². The largest absolute Gasteiger partial charge is 0.496 e. The van der Waals surface area contributed by atoms with Crippen LogP contribution < -0.4 is 10.5 Å². The number of methoxy groups -OCH3 is 1. The maximum absolute atomic E-state index is 5.50. The minimum absolute atomic E-state index is 0.578. The molecule has 0 bridgehead atoms. The molecule has 0 saturated carbocycles. The minimum atomic E-state index is 0.578. The average molecular weight is 261 g/mol. The van der Waals surface area contributed by atoms with Crippen molar-refractivity contribution in [3.63, 3.8) is 0 Å². The van der Waals surface area contributed by atoms with E-state index < -0.39 is 0 Å². The lowest BCUT2D eigenvalue weighted by atomic mass is 10.1. The summed E-state index contributed by atoms with van der Waals surface area (Å²) in [5, 5.41) is 8.15. The molecule has 0 aliphatic heterocycles. The maximum Gasteiger partial charge on any atom is 0.128 e. The van der Waals surface area contributed by atoms with Crippen molar-refractivity contribution in [2.45, 2.75) is 26.8 Å². The zero-order chi connectivity index (χ0) is 13.8. The molecule has 2 heterocycles. The van der Waals surface area contributed by atoms with Crippen molar-refractivity contribution in [3.05, 3.63) is 34.9 Å². The van der Waals surface area contributed by atoms with Crippen LogP contribution in [0.15, 0.2) is 12.4 Å². The minimum Gasteiger partial charge on any atom is -0.496 e. The van der Waals surface area contributed by atoms with Gasteiger partial charge in [-0.1, -0.05) is 5.21 Å². The Bertz CT molecular complexity index is 564. The van der Waals surface area contributed by atoms with Crippen LogP contribution in [0, 0.1) is 13.8 Å². The van der Waals surface area contributed by atoms with Crippen LogP contribution in [-0.2, 0) is 13.0 Å². The van der Waals surface area contributed by atoms with Crippen LogP contribution in [0.5, 0.6) is 5.75 Å². The second-order valence-electron chi connectivity index (χ2n) is 4.49. The third-order valence-electron chi connectivity index (χ3n) is 3.05. The molecular formula is C13H19N5O. The molecule has 102 valence electrons. The Labute approximate surface area is 112 Å². The number of nitrogens with two attached hydrogens (primary N) is 1. The zero-order valence-corrected chi connectivity index (χ0v) is 11.6. The molecular weight excluding hydrogens is 242 g/mol. The molecule has 0 aliphatic carbocycles. The molecule has 0 aromatic carbocycles.